The van der Waals surface area contributed by atoms with Gasteiger partial charge in [-0.3, -0.25) is 0 Å². The van der Waals surface area contributed by atoms with Gasteiger partial charge in [-0.15, -0.1) is 0 Å². The highest BCUT2D eigenvalue weighted by atomic mass is 16.6. The van der Waals surface area contributed by atoms with Crippen LogP contribution in [0.25, 0.3) is 0 Å². The molecule has 0 amide bonds. The van der Waals surface area contributed by atoms with Crippen LogP contribution in [0, 0.1) is 257 Å². The molecular formula is C135H216O9. The fourth-order valence-corrected chi connectivity index (χ4v) is 48.9. The first-order valence-corrected chi connectivity index (χ1v) is 64.7. The second-order valence-electron chi connectivity index (χ2n) is 63.1. The summed E-state index contributed by atoms with van der Waals surface area (Å²) in [5.41, 5.74) is 10.4. The summed E-state index contributed by atoms with van der Waals surface area (Å²) >= 11 is 0. The highest BCUT2D eigenvalue weighted by Gasteiger charge is 2.72. The van der Waals surface area contributed by atoms with Gasteiger partial charge in [-0.2, -0.15) is 0 Å². The van der Waals surface area contributed by atoms with Crippen molar-refractivity contribution in [1.82, 2.24) is 0 Å². The molecule has 0 unspecified atom stereocenters. The van der Waals surface area contributed by atoms with E-state index in [1.807, 2.05) is 0 Å². The van der Waals surface area contributed by atoms with E-state index in [2.05, 4.69) is 88.6 Å². The summed E-state index contributed by atoms with van der Waals surface area (Å²) in [6, 6.07) is 0. The molecule has 30 aliphatic rings. The third-order valence-corrected chi connectivity index (χ3v) is 57.3. The minimum absolute atomic E-state index is 0.00549. The van der Waals surface area contributed by atoms with Crippen molar-refractivity contribution in [3.05, 3.63) is 48.6 Å². The van der Waals surface area contributed by atoms with Crippen LogP contribution in [0.15, 0.2) is 48.6 Å². The van der Waals surface area contributed by atoms with Gasteiger partial charge in [0.15, 0.2) is 0 Å². The van der Waals surface area contributed by atoms with Gasteiger partial charge < -0.3 is 45.2 Å². The van der Waals surface area contributed by atoms with Gasteiger partial charge in [0.05, 0.1) is 67.1 Å². The molecule has 28 saturated carbocycles. The smallest absolute Gasteiger partial charge is 0.0972 e. The first kappa shape index (κ1) is 104. The van der Waals surface area contributed by atoms with Crippen LogP contribution < -0.4 is 0 Å². The molecule has 2 saturated heterocycles. The minimum Gasteiger partial charge on any atom is -0.393 e. The molecule has 0 aromatic heterocycles. The number of aliphatic hydroxyl groups excluding tert-OH is 7. The molecule has 0 radical (unpaired) electrons. The molecule has 30 rings (SSSR count). The Hall–Kier alpha value is -1.40. The van der Waals surface area contributed by atoms with Gasteiger partial charge >= 0.3 is 0 Å². The summed E-state index contributed by atoms with van der Waals surface area (Å²) < 4.78 is 12.0. The van der Waals surface area contributed by atoms with Crippen molar-refractivity contribution in [3.8, 4) is 0 Å². The molecule has 9 nitrogen and oxygen atoms in total. The Morgan fingerprint density at radius 2 is 0.535 bits per heavy atom. The van der Waals surface area contributed by atoms with E-state index in [-0.39, 0.29) is 42.7 Å². The molecule has 810 valence electrons. The Kier molecular flexibility index (Phi) is 29.2. The predicted molar refractivity (Wildman–Crippen MR) is 584 cm³/mol. The Morgan fingerprint density at radius 1 is 0.264 bits per heavy atom. The molecule has 30 fully saturated rings. The van der Waals surface area contributed by atoms with Gasteiger partial charge in [-0.25, -0.2) is 0 Å². The summed E-state index contributed by atoms with van der Waals surface area (Å²) in [6.45, 7) is 42.2. The Morgan fingerprint density at radius 3 is 0.861 bits per heavy atom. The second-order valence-corrected chi connectivity index (χ2v) is 63.1. The van der Waals surface area contributed by atoms with Gasteiger partial charge in [0.2, 0.25) is 0 Å². The van der Waals surface area contributed by atoms with Gasteiger partial charge in [-0.05, 0) is 657 Å². The maximum atomic E-state index is 10.0. The number of ether oxygens (including phenoxy) is 2. The normalized spacial score (nSPS) is 57.4. The average molecular weight is 1980 g/mol. The first-order chi connectivity index (χ1) is 69.0. The highest BCUT2D eigenvalue weighted by molar-refractivity contribution is 5.25. The molecule has 0 aromatic carbocycles. The molecule has 28 aliphatic carbocycles. The highest BCUT2D eigenvalue weighted by Crippen LogP contribution is 2.75. The van der Waals surface area contributed by atoms with E-state index in [4.69, 9.17) is 9.47 Å². The number of aliphatic hydroxyl groups is 7. The van der Waals surface area contributed by atoms with Gasteiger partial charge in [0.25, 0.3) is 0 Å². The molecular weight excluding hydrogens is 1770 g/mol. The first-order valence-electron chi connectivity index (χ1n) is 64.7. The Labute approximate surface area is 879 Å². The zero-order chi connectivity index (χ0) is 99.6. The molecule has 2 aliphatic heterocycles. The van der Waals surface area contributed by atoms with Crippen LogP contribution in [0.1, 0.15) is 467 Å². The Balaban J connectivity index is 0.0000000904. The lowest BCUT2D eigenvalue weighted by Crippen LogP contribution is -2.49. The van der Waals surface area contributed by atoms with Gasteiger partial charge in [-0.1, -0.05) is 104 Å². The molecule has 2 heterocycles. The SMILES string of the molecule is C=C(C)[C@@H]1CC[C@@H]2C[C@H]3[C@@H](CC[C@H]4C[C@H](O)CC[C@@H]43)C[C@]21C.C=C1CC[C@@H]2C[C@H]3[C@@H](CC[C@@H]4C[C@H](O)CC[C@@H]43)C[C@@]12C.C=C1CC[C@@H]2C[C@H]3[C@@H](CC[C@H]4C[C@H](O)CC[C@@H]43)C[C@@]12C.C=C1C[C@@H]2C[C@H]3[C@@H](CC[C@H]4C[C@H](O)CC[C@@H]43)C[C@@]2(C)C1.C[C@@H]1CC[C@@H]2C[C@H]3[C@@H](CC[C@H]4C[C@H](O)CC[C@@H]43)C[C@]21C.C[C@@]12C[C@@H]3CC[C@@H]4C[C@H](O)CC[C@@H]4[C@H]3C[C@H]1CC[C@]21CO1.C[C@@]12C[C@@H]3CC[C@H]4C[C@H](O)CC[C@@H]4[C@H]3C[C@H]1CC[C@]21CO1. The van der Waals surface area contributed by atoms with E-state index in [0.717, 1.165) is 322 Å². The van der Waals surface area contributed by atoms with Crippen LogP contribution in [-0.2, 0) is 9.47 Å². The van der Waals surface area contributed by atoms with E-state index in [0.29, 0.717) is 49.1 Å². The number of allylic oxidation sites excluding steroid dienone is 4. The zero-order valence-electron chi connectivity index (χ0n) is 93.6. The third-order valence-electron chi connectivity index (χ3n) is 57.3. The number of fused-ring (bicyclic) bond motifs is 30. The molecule has 9 heteroatoms. The number of hydrogen-bond acceptors (Lipinski definition) is 9. The molecule has 7 N–H and O–H groups in total. The van der Waals surface area contributed by atoms with Gasteiger partial charge in [0.1, 0.15) is 0 Å². The maximum Gasteiger partial charge on any atom is 0.0972 e. The average Bonchev–Trinajstić information content (AvgIpc) is 1.53. The fraction of sp³-hybridized carbons (Fsp3) is 0.941. The zero-order valence-corrected chi connectivity index (χ0v) is 93.6. The summed E-state index contributed by atoms with van der Waals surface area (Å²) in [5.74, 6) is 34.5. The standard InChI is InChI=1S/C21H34O.2C19H30O2.C19H32O.3C19H30O/c1-13(2)20-9-6-16-11-19-15(12-21(16,20)3)5-4-14-10-17(22)7-8-18(14)19;2*1-18-10-13-3-2-12-8-15(20)4-5-16(12)17(13)9-14(18)6-7-19(18)11-21-19;3*1-12-3-6-15-10-18-14(11-19(12,15)2)5-4-13-9-16(20)7-8-17(13)18;1-12-7-15-9-18-14(11-19(15,2)10-12)4-3-13-8-16(20)5-6-17(13)18/h14-20,22H,1,4-12H2,2-3H3;2*12-17,20H,2-11H2,1H3;12-18,20H,3-11H2,1-2H3;3*13-18,20H,1,3-11H2,2H3/t14-,15-,16+,17+,18-,19-,20-,21+;12-,13+,14-,15-,16+,17+,18-,19+;12-,13-,14+,15+,16-,17-,18+,19-;12-,13+,14+,15-,16-,17+,18+,19+;13-,14+,15-,16-,17+,18+,19+;13-,14-,15+,16+,17-,18-,19-;13-,14-,15+,16+,17-,18-,19+/m0101100/s1. The van der Waals surface area contributed by atoms with Crippen molar-refractivity contribution in [2.45, 2.75) is 521 Å². The monoisotopic (exact) mass is 1980 g/mol. The van der Waals surface area contributed by atoms with Crippen molar-refractivity contribution < 1.29 is 45.2 Å². The van der Waals surface area contributed by atoms with E-state index in [1.54, 1.807) is 11.1 Å². The van der Waals surface area contributed by atoms with Crippen LogP contribution >= 0.6 is 0 Å². The Bertz CT molecular complexity index is 4320. The summed E-state index contributed by atoms with van der Waals surface area (Å²) in [7, 11) is 0. The largest absolute Gasteiger partial charge is 0.393 e. The predicted octanol–water partition coefficient (Wildman–Crippen LogP) is 31.0. The molecule has 144 heavy (non-hydrogen) atoms. The maximum absolute atomic E-state index is 10.0. The van der Waals surface area contributed by atoms with E-state index in [1.165, 1.54) is 326 Å². The van der Waals surface area contributed by atoms with Crippen molar-refractivity contribution in [1.29, 1.82) is 0 Å². The fourth-order valence-electron chi connectivity index (χ4n) is 48.9. The molecule has 2 spiro atoms. The van der Waals surface area contributed by atoms with Crippen molar-refractivity contribution >= 4 is 0 Å². The number of rotatable bonds is 1. The summed E-state index contributed by atoms with van der Waals surface area (Å²) in [5, 5.41) is 69.9. The molecule has 53 atom stereocenters. The second kappa shape index (κ2) is 40.3. The lowest BCUT2D eigenvalue weighted by molar-refractivity contribution is -0.0720. The lowest BCUT2D eigenvalue weighted by Gasteiger charge is -2.55. The van der Waals surface area contributed by atoms with Crippen molar-refractivity contribution in [3.63, 3.8) is 0 Å². The summed E-state index contributed by atoms with van der Waals surface area (Å²) in [4.78, 5) is 0. The number of hydrogen-bond donors (Lipinski definition) is 7. The van der Waals surface area contributed by atoms with Crippen molar-refractivity contribution in [2.75, 3.05) is 13.2 Å². The number of epoxide rings is 2. The van der Waals surface area contributed by atoms with Crippen molar-refractivity contribution in [2.24, 2.45) is 257 Å². The van der Waals surface area contributed by atoms with E-state index >= 15 is 0 Å². The lowest BCUT2D eigenvalue weighted by atomic mass is 9.50. The van der Waals surface area contributed by atoms with E-state index in [9.17, 15) is 35.7 Å². The quantitative estimate of drug-likeness (QED) is 0.0999. The topological polar surface area (TPSA) is 167 Å². The minimum atomic E-state index is 0.00549. The van der Waals surface area contributed by atoms with Crippen LogP contribution in [-0.4, -0.2) is 103 Å². The van der Waals surface area contributed by atoms with Crippen LogP contribution in [0.2, 0.25) is 0 Å². The van der Waals surface area contributed by atoms with Crippen LogP contribution in [0.3, 0.4) is 0 Å². The van der Waals surface area contributed by atoms with Crippen LogP contribution in [0.4, 0.5) is 0 Å². The molecule has 0 aromatic rings. The summed E-state index contributed by atoms with van der Waals surface area (Å²) in [6.07, 6.45) is 84.1. The van der Waals surface area contributed by atoms with E-state index < -0.39 is 0 Å². The third kappa shape index (κ3) is 18.7. The van der Waals surface area contributed by atoms with Crippen LogP contribution in [0.5, 0.6) is 0 Å². The molecule has 0 bridgehead atoms. The van der Waals surface area contributed by atoms with Gasteiger partial charge in [0, 0.05) is 10.8 Å².